The molecule has 1 fully saturated rings. The molecule has 2 nitrogen and oxygen atoms in total. The summed E-state index contributed by atoms with van der Waals surface area (Å²) < 4.78 is 0. The number of fused-ring (bicyclic) bond motifs is 5. The topological polar surface area (TPSA) is 20.3 Å². The summed E-state index contributed by atoms with van der Waals surface area (Å²) in [7, 11) is 0. The van der Waals surface area contributed by atoms with E-state index in [2.05, 4.69) is 31.2 Å². The highest BCUT2D eigenvalue weighted by Crippen LogP contribution is 2.51. The molecule has 2 aliphatic heterocycles. The second-order valence-corrected chi connectivity index (χ2v) is 7.22. The van der Waals surface area contributed by atoms with Gasteiger partial charge in [-0.3, -0.25) is 9.69 Å². The Hall–Kier alpha value is -1.45. The Morgan fingerprint density at radius 3 is 2.73 bits per heavy atom. The second-order valence-electron chi connectivity index (χ2n) is 5.72. The van der Waals surface area contributed by atoms with Crippen molar-refractivity contribution in [3.05, 3.63) is 64.2 Å². The molecule has 0 bridgehead atoms. The van der Waals surface area contributed by atoms with Crippen molar-refractivity contribution >= 4 is 35.0 Å². The van der Waals surface area contributed by atoms with Gasteiger partial charge < -0.3 is 0 Å². The van der Waals surface area contributed by atoms with E-state index in [9.17, 15) is 4.79 Å². The SMILES string of the molecule is CCC1c2ccccc2C2SCC(=O)N2c2ccc(Cl)cc21. The maximum Gasteiger partial charge on any atom is 0.238 e. The van der Waals surface area contributed by atoms with Crippen LogP contribution in [0.3, 0.4) is 0 Å². The van der Waals surface area contributed by atoms with E-state index < -0.39 is 0 Å². The van der Waals surface area contributed by atoms with Crippen molar-refractivity contribution in [2.75, 3.05) is 10.7 Å². The van der Waals surface area contributed by atoms with Gasteiger partial charge in [-0.1, -0.05) is 42.8 Å². The number of carbonyl (C=O) groups is 1. The van der Waals surface area contributed by atoms with Crippen molar-refractivity contribution in [3.63, 3.8) is 0 Å². The molecule has 2 aromatic rings. The van der Waals surface area contributed by atoms with Crippen LogP contribution < -0.4 is 4.90 Å². The minimum atomic E-state index is 0.0835. The zero-order chi connectivity index (χ0) is 15.3. The average molecular weight is 330 g/mol. The maximum atomic E-state index is 12.5. The number of thioether (sulfide) groups is 1. The van der Waals surface area contributed by atoms with Gasteiger partial charge in [0.25, 0.3) is 0 Å². The van der Waals surface area contributed by atoms with Crippen LogP contribution in [0.15, 0.2) is 42.5 Å². The molecule has 22 heavy (non-hydrogen) atoms. The number of amides is 1. The minimum absolute atomic E-state index is 0.0835. The molecule has 4 heteroatoms. The number of carbonyl (C=O) groups excluding carboxylic acids is 1. The lowest BCUT2D eigenvalue weighted by Crippen LogP contribution is -2.27. The van der Waals surface area contributed by atoms with Crippen LogP contribution in [0.25, 0.3) is 0 Å². The van der Waals surface area contributed by atoms with Crippen LogP contribution in [0.5, 0.6) is 0 Å². The lowest BCUT2D eigenvalue weighted by atomic mass is 9.86. The predicted octanol–water partition coefficient (Wildman–Crippen LogP) is 4.97. The molecule has 0 spiro atoms. The van der Waals surface area contributed by atoms with E-state index in [0.717, 1.165) is 17.1 Å². The summed E-state index contributed by atoms with van der Waals surface area (Å²) >= 11 is 7.96. The van der Waals surface area contributed by atoms with E-state index in [-0.39, 0.29) is 17.2 Å². The highest BCUT2D eigenvalue weighted by molar-refractivity contribution is 8.00. The summed E-state index contributed by atoms with van der Waals surface area (Å²) in [5, 5.41) is 0.813. The third-order valence-electron chi connectivity index (χ3n) is 4.54. The van der Waals surface area contributed by atoms with E-state index >= 15 is 0 Å². The summed E-state index contributed by atoms with van der Waals surface area (Å²) in [6, 6.07) is 14.4. The van der Waals surface area contributed by atoms with Gasteiger partial charge in [0.1, 0.15) is 5.37 Å². The molecule has 2 heterocycles. The molecule has 0 saturated carbocycles. The first-order chi connectivity index (χ1) is 10.7. The molecule has 1 saturated heterocycles. The van der Waals surface area contributed by atoms with Crippen LogP contribution in [-0.4, -0.2) is 11.7 Å². The van der Waals surface area contributed by atoms with E-state index in [1.165, 1.54) is 16.7 Å². The maximum absolute atomic E-state index is 12.5. The summed E-state index contributed by atoms with van der Waals surface area (Å²) in [6.07, 6.45) is 0.990. The van der Waals surface area contributed by atoms with Gasteiger partial charge in [-0.15, -0.1) is 11.8 Å². The van der Waals surface area contributed by atoms with Gasteiger partial charge in [0.05, 0.1) is 5.75 Å². The molecule has 0 radical (unpaired) electrons. The summed E-state index contributed by atoms with van der Waals surface area (Å²) in [6.45, 7) is 2.19. The quantitative estimate of drug-likeness (QED) is 0.736. The van der Waals surface area contributed by atoms with Crippen molar-refractivity contribution in [2.45, 2.75) is 24.6 Å². The minimum Gasteiger partial charge on any atom is -0.295 e. The fourth-order valence-corrected chi connectivity index (χ4v) is 4.99. The first kappa shape index (κ1) is 14.2. The van der Waals surface area contributed by atoms with Crippen LogP contribution in [0.1, 0.15) is 41.3 Å². The molecule has 2 atom stereocenters. The largest absolute Gasteiger partial charge is 0.295 e. The molecule has 2 aliphatic rings. The van der Waals surface area contributed by atoms with Gasteiger partial charge in [-0.25, -0.2) is 0 Å². The lowest BCUT2D eigenvalue weighted by molar-refractivity contribution is -0.115. The van der Waals surface area contributed by atoms with Crippen LogP contribution in [0.2, 0.25) is 5.02 Å². The molecular formula is C18H16ClNOS. The van der Waals surface area contributed by atoms with Crippen LogP contribution in [0.4, 0.5) is 5.69 Å². The molecule has 1 amide bonds. The molecule has 0 aliphatic carbocycles. The number of rotatable bonds is 1. The van der Waals surface area contributed by atoms with Gasteiger partial charge in [0.15, 0.2) is 0 Å². The van der Waals surface area contributed by atoms with Gasteiger partial charge in [-0.05, 0) is 41.3 Å². The molecule has 0 aromatic heterocycles. The standard InChI is InChI=1S/C18H16ClNOS/c1-2-12-13-5-3-4-6-14(13)18-20(17(21)10-22-18)16-8-7-11(19)9-15(12)16/h3-9,12,18H,2,10H2,1H3. The Morgan fingerprint density at radius 1 is 1.18 bits per heavy atom. The van der Waals surface area contributed by atoms with Crippen molar-refractivity contribution in [3.8, 4) is 0 Å². The highest BCUT2D eigenvalue weighted by atomic mass is 35.5. The Morgan fingerprint density at radius 2 is 1.95 bits per heavy atom. The fourth-order valence-electron chi connectivity index (χ4n) is 3.60. The fraction of sp³-hybridized carbons (Fsp3) is 0.278. The Labute approximate surface area is 139 Å². The van der Waals surface area contributed by atoms with E-state index in [1.807, 2.05) is 23.1 Å². The Bertz CT molecular complexity index is 761. The summed E-state index contributed by atoms with van der Waals surface area (Å²) in [5.74, 6) is 1.01. The molecule has 2 unspecified atom stereocenters. The average Bonchev–Trinajstić information content (AvgIpc) is 2.85. The molecular weight excluding hydrogens is 314 g/mol. The van der Waals surface area contributed by atoms with Gasteiger partial charge in [0, 0.05) is 16.6 Å². The normalized spacial score (nSPS) is 22.8. The van der Waals surface area contributed by atoms with Gasteiger partial charge in [0.2, 0.25) is 5.91 Å². The van der Waals surface area contributed by atoms with Crippen LogP contribution >= 0.6 is 23.4 Å². The summed E-state index contributed by atoms with van der Waals surface area (Å²) in [5.41, 5.74) is 4.77. The van der Waals surface area contributed by atoms with Crippen molar-refractivity contribution in [2.24, 2.45) is 0 Å². The number of hydrogen-bond donors (Lipinski definition) is 0. The second kappa shape index (κ2) is 5.32. The van der Waals surface area contributed by atoms with Crippen molar-refractivity contribution in [1.29, 1.82) is 0 Å². The monoisotopic (exact) mass is 329 g/mol. The third kappa shape index (κ3) is 1.99. The van der Waals surface area contributed by atoms with E-state index in [4.69, 9.17) is 11.6 Å². The first-order valence-corrected chi connectivity index (χ1v) is 8.95. The smallest absolute Gasteiger partial charge is 0.238 e. The number of halogens is 1. The highest BCUT2D eigenvalue weighted by Gasteiger charge is 2.40. The van der Waals surface area contributed by atoms with Crippen molar-refractivity contribution in [1.82, 2.24) is 0 Å². The molecule has 0 N–H and O–H groups in total. The third-order valence-corrected chi connectivity index (χ3v) is 5.97. The van der Waals surface area contributed by atoms with Crippen LogP contribution in [-0.2, 0) is 4.79 Å². The number of benzene rings is 2. The number of hydrogen-bond acceptors (Lipinski definition) is 2. The lowest BCUT2D eigenvalue weighted by Gasteiger charge is -2.24. The number of nitrogens with zero attached hydrogens (tertiary/aromatic N) is 1. The predicted molar refractivity (Wildman–Crippen MR) is 92.7 cm³/mol. The zero-order valence-electron chi connectivity index (χ0n) is 12.3. The van der Waals surface area contributed by atoms with E-state index in [0.29, 0.717) is 5.75 Å². The molecule has 2 aromatic carbocycles. The first-order valence-electron chi connectivity index (χ1n) is 7.52. The zero-order valence-corrected chi connectivity index (χ0v) is 13.8. The van der Waals surface area contributed by atoms with E-state index in [1.54, 1.807) is 11.8 Å². The Kier molecular flexibility index (Phi) is 3.43. The van der Waals surface area contributed by atoms with Crippen molar-refractivity contribution < 1.29 is 4.79 Å². The number of anilines is 1. The summed E-state index contributed by atoms with van der Waals surface area (Å²) in [4.78, 5) is 14.4. The van der Waals surface area contributed by atoms with Crippen LogP contribution in [0, 0.1) is 0 Å². The Balaban J connectivity index is 2.04. The van der Waals surface area contributed by atoms with Gasteiger partial charge in [-0.2, -0.15) is 0 Å². The molecule has 4 rings (SSSR count). The molecule has 112 valence electrons. The van der Waals surface area contributed by atoms with Gasteiger partial charge >= 0.3 is 0 Å².